The van der Waals surface area contributed by atoms with Gasteiger partial charge >= 0.3 is 0 Å². The van der Waals surface area contributed by atoms with Crippen molar-refractivity contribution >= 4 is 0 Å². The molecule has 0 bridgehead atoms. The summed E-state index contributed by atoms with van der Waals surface area (Å²) in [5.74, 6) is 0. The Labute approximate surface area is 93.0 Å². The molecular weight excluding hydrogens is 188 g/mol. The molecule has 0 aromatic heterocycles. The fourth-order valence-corrected chi connectivity index (χ4v) is 2.57. The van der Waals surface area contributed by atoms with E-state index in [0.29, 0.717) is 12.1 Å². The molecule has 1 aliphatic heterocycles. The van der Waals surface area contributed by atoms with E-state index in [1.807, 2.05) is 0 Å². The van der Waals surface area contributed by atoms with Crippen LogP contribution in [0.15, 0.2) is 0 Å². The molecule has 0 radical (unpaired) electrons. The van der Waals surface area contributed by atoms with E-state index < -0.39 is 0 Å². The van der Waals surface area contributed by atoms with Crippen LogP contribution in [0.3, 0.4) is 0 Å². The first-order chi connectivity index (χ1) is 7.45. The Bertz CT molecular complexity index is 163. The Hall–Kier alpha value is -0.120. The maximum Gasteiger partial charge on any atom is 0.0594 e. The van der Waals surface area contributed by atoms with Crippen LogP contribution < -0.4 is 10.6 Å². The Balaban J connectivity index is 1.47. The van der Waals surface area contributed by atoms with Gasteiger partial charge in [-0.1, -0.05) is 12.8 Å². The Kier molecular flexibility index (Phi) is 4.90. The van der Waals surface area contributed by atoms with Crippen molar-refractivity contribution < 1.29 is 4.74 Å². The van der Waals surface area contributed by atoms with Crippen molar-refractivity contribution in [1.29, 1.82) is 0 Å². The zero-order valence-electron chi connectivity index (χ0n) is 9.63. The van der Waals surface area contributed by atoms with Crippen LogP contribution in [-0.2, 0) is 4.74 Å². The average molecular weight is 212 g/mol. The van der Waals surface area contributed by atoms with Gasteiger partial charge in [0, 0.05) is 19.1 Å². The lowest BCUT2D eigenvalue weighted by Gasteiger charge is -2.24. The summed E-state index contributed by atoms with van der Waals surface area (Å²) in [6.45, 7) is 4.23. The SMILES string of the molecule is C1CNCC(NCCOC2CCCC2)C1. The highest BCUT2D eigenvalue weighted by molar-refractivity contribution is 4.74. The largest absolute Gasteiger partial charge is 0.377 e. The van der Waals surface area contributed by atoms with Crippen molar-refractivity contribution in [3.05, 3.63) is 0 Å². The second kappa shape index (κ2) is 6.46. The fourth-order valence-electron chi connectivity index (χ4n) is 2.57. The molecule has 0 spiro atoms. The Morgan fingerprint density at radius 1 is 1.13 bits per heavy atom. The van der Waals surface area contributed by atoms with Crippen molar-refractivity contribution in [2.45, 2.75) is 50.7 Å². The van der Waals surface area contributed by atoms with Crippen LogP contribution in [-0.4, -0.2) is 38.4 Å². The molecule has 0 aromatic carbocycles. The van der Waals surface area contributed by atoms with Gasteiger partial charge in [-0.25, -0.2) is 0 Å². The lowest BCUT2D eigenvalue weighted by Crippen LogP contribution is -2.44. The Morgan fingerprint density at radius 3 is 2.73 bits per heavy atom. The molecule has 1 saturated heterocycles. The predicted octanol–water partition coefficient (Wildman–Crippen LogP) is 1.29. The lowest BCUT2D eigenvalue weighted by atomic mass is 10.1. The van der Waals surface area contributed by atoms with Crippen LogP contribution in [0.5, 0.6) is 0 Å². The number of piperidine rings is 1. The normalized spacial score (nSPS) is 28.4. The first kappa shape index (κ1) is 11.4. The smallest absolute Gasteiger partial charge is 0.0594 e. The van der Waals surface area contributed by atoms with E-state index in [1.165, 1.54) is 45.1 Å². The number of hydrogen-bond acceptors (Lipinski definition) is 3. The van der Waals surface area contributed by atoms with Gasteiger partial charge in [0.1, 0.15) is 0 Å². The molecule has 2 N–H and O–H groups in total. The number of hydrogen-bond donors (Lipinski definition) is 2. The van der Waals surface area contributed by atoms with Crippen LogP contribution in [0.4, 0.5) is 0 Å². The quantitative estimate of drug-likeness (QED) is 0.674. The summed E-state index contributed by atoms with van der Waals surface area (Å²) in [5, 5.41) is 6.97. The molecule has 3 nitrogen and oxygen atoms in total. The maximum absolute atomic E-state index is 5.81. The van der Waals surface area contributed by atoms with Crippen LogP contribution in [0.1, 0.15) is 38.5 Å². The van der Waals surface area contributed by atoms with Crippen molar-refractivity contribution in [2.75, 3.05) is 26.2 Å². The summed E-state index contributed by atoms with van der Waals surface area (Å²) < 4.78 is 5.81. The highest BCUT2D eigenvalue weighted by Crippen LogP contribution is 2.20. The monoisotopic (exact) mass is 212 g/mol. The van der Waals surface area contributed by atoms with Gasteiger partial charge in [0.15, 0.2) is 0 Å². The second-order valence-corrected chi connectivity index (χ2v) is 4.77. The molecule has 3 heteroatoms. The molecule has 2 rings (SSSR count). The van der Waals surface area contributed by atoms with Gasteiger partial charge < -0.3 is 15.4 Å². The second-order valence-electron chi connectivity index (χ2n) is 4.77. The highest BCUT2D eigenvalue weighted by atomic mass is 16.5. The third-order valence-electron chi connectivity index (χ3n) is 3.49. The molecular formula is C12H24N2O. The molecule has 1 heterocycles. The van der Waals surface area contributed by atoms with Gasteiger partial charge in [-0.05, 0) is 32.2 Å². The summed E-state index contributed by atoms with van der Waals surface area (Å²) in [6.07, 6.45) is 8.49. The molecule has 1 atom stereocenters. The summed E-state index contributed by atoms with van der Waals surface area (Å²) in [6, 6.07) is 0.672. The summed E-state index contributed by atoms with van der Waals surface area (Å²) in [7, 11) is 0. The van der Waals surface area contributed by atoms with Gasteiger partial charge in [-0.15, -0.1) is 0 Å². The Morgan fingerprint density at radius 2 is 2.00 bits per heavy atom. The maximum atomic E-state index is 5.81. The first-order valence-electron chi connectivity index (χ1n) is 6.51. The van der Waals surface area contributed by atoms with E-state index in [1.54, 1.807) is 0 Å². The molecule has 1 unspecified atom stereocenters. The van der Waals surface area contributed by atoms with E-state index in [4.69, 9.17) is 4.74 Å². The van der Waals surface area contributed by atoms with Crippen LogP contribution in [0, 0.1) is 0 Å². The average Bonchev–Trinajstić information content (AvgIpc) is 2.79. The van der Waals surface area contributed by atoms with E-state index in [9.17, 15) is 0 Å². The molecule has 0 aromatic rings. The van der Waals surface area contributed by atoms with Crippen molar-refractivity contribution in [3.8, 4) is 0 Å². The van der Waals surface area contributed by atoms with Gasteiger partial charge in [-0.3, -0.25) is 0 Å². The minimum atomic E-state index is 0.566. The lowest BCUT2D eigenvalue weighted by molar-refractivity contribution is 0.0587. The highest BCUT2D eigenvalue weighted by Gasteiger charge is 2.15. The molecule has 0 amide bonds. The number of nitrogens with one attached hydrogen (secondary N) is 2. The fraction of sp³-hybridized carbons (Fsp3) is 1.00. The van der Waals surface area contributed by atoms with E-state index in [0.717, 1.165) is 19.7 Å². The standard InChI is InChI=1S/C12H24N2O/c1-2-6-12(5-1)15-9-8-14-11-4-3-7-13-10-11/h11-14H,1-10H2. The zero-order chi connectivity index (χ0) is 10.3. The van der Waals surface area contributed by atoms with E-state index in [-0.39, 0.29) is 0 Å². The summed E-state index contributed by atoms with van der Waals surface area (Å²) in [4.78, 5) is 0. The third-order valence-corrected chi connectivity index (χ3v) is 3.49. The molecule has 88 valence electrons. The van der Waals surface area contributed by atoms with Gasteiger partial charge in [0.05, 0.1) is 12.7 Å². The van der Waals surface area contributed by atoms with Gasteiger partial charge in [-0.2, -0.15) is 0 Å². The number of ether oxygens (including phenoxy) is 1. The summed E-state index contributed by atoms with van der Waals surface area (Å²) in [5.41, 5.74) is 0. The van der Waals surface area contributed by atoms with Crippen molar-refractivity contribution in [2.24, 2.45) is 0 Å². The summed E-state index contributed by atoms with van der Waals surface area (Å²) >= 11 is 0. The molecule has 1 aliphatic carbocycles. The van der Waals surface area contributed by atoms with Crippen molar-refractivity contribution in [3.63, 3.8) is 0 Å². The molecule has 15 heavy (non-hydrogen) atoms. The third kappa shape index (κ3) is 4.09. The minimum absolute atomic E-state index is 0.566. The predicted molar refractivity (Wildman–Crippen MR) is 62.1 cm³/mol. The molecule has 2 aliphatic rings. The minimum Gasteiger partial charge on any atom is -0.377 e. The number of rotatable bonds is 5. The van der Waals surface area contributed by atoms with Crippen LogP contribution >= 0.6 is 0 Å². The van der Waals surface area contributed by atoms with Gasteiger partial charge in [0.25, 0.3) is 0 Å². The van der Waals surface area contributed by atoms with Gasteiger partial charge in [0.2, 0.25) is 0 Å². The van der Waals surface area contributed by atoms with E-state index >= 15 is 0 Å². The molecule has 2 fully saturated rings. The topological polar surface area (TPSA) is 33.3 Å². The van der Waals surface area contributed by atoms with Crippen molar-refractivity contribution in [1.82, 2.24) is 10.6 Å². The first-order valence-corrected chi connectivity index (χ1v) is 6.51. The zero-order valence-corrected chi connectivity index (χ0v) is 9.63. The van der Waals surface area contributed by atoms with Crippen LogP contribution in [0.25, 0.3) is 0 Å². The molecule has 1 saturated carbocycles. The van der Waals surface area contributed by atoms with E-state index in [2.05, 4.69) is 10.6 Å². The van der Waals surface area contributed by atoms with Crippen LogP contribution in [0.2, 0.25) is 0 Å².